The molecule has 0 atom stereocenters. The van der Waals surface area contributed by atoms with E-state index in [-0.39, 0.29) is 5.28 Å². The monoisotopic (exact) mass is 240 g/mol. The van der Waals surface area contributed by atoms with Gasteiger partial charge in [0.1, 0.15) is 5.82 Å². The maximum atomic E-state index is 5.71. The molecule has 0 aliphatic heterocycles. The third-order valence-electron chi connectivity index (χ3n) is 1.86. The number of aromatic nitrogens is 3. The predicted octanol–water partition coefficient (Wildman–Crippen LogP) is 2.51. The zero-order chi connectivity index (χ0) is 10.7. The SMILES string of the molecule is Cc1cnc(Cl)nc1NCc1cncs1. The summed E-state index contributed by atoms with van der Waals surface area (Å²) in [7, 11) is 0. The van der Waals surface area contributed by atoms with E-state index in [0.717, 1.165) is 16.3 Å². The second-order valence-electron chi connectivity index (χ2n) is 2.99. The summed E-state index contributed by atoms with van der Waals surface area (Å²) in [6, 6.07) is 0. The molecule has 0 radical (unpaired) electrons. The van der Waals surface area contributed by atoms with Gasteiger partial charge in [0.25, 0.3) is 0 Å². The molecule has 0 amide bonds. The normalized spacial score (nSPS) is 10.3. The van der Waals surface area contributed by atoms with Gasteiger partial charge in [0.05, 0.1) is 12.1 Å². The van der Waals surface area contributed by atoms with Crippen molar-refractivity contribution >= 4 is 28.8 Å². The van der Waals surface area contributed by atoms with Gasteiger partial charge in [-0.1, -0.05) is 0 Å². The van der Waals surface area contributed by atoms with E-state index in [1.807, 2.05) is 13.1 Å². The van der Waals surface area contributed by atoms with E-state index in [0.29, 0.717) is 6.54 Å². The first-order valence-electron chi connectivity index (χ1n) is 4.36. The van der Waals surface area contributed by atoms with Gasteiger partial charge >= 0.3 is 0 Å². The first-order chi connectivity index (χ1) is 7.25. The summed E-state index contributed by atoms with van der Waals surface area (Å²) in [6.07, 6.45) is 3.53. The van der Waals surface area contributed by atoms with Crippen LogP contribution in [0.3, 0.4) is 0 Å². The number of hydrogen-bond acceptors (Lipinski definition) is 5. The summed E-state index contributed by atoms with van der Waals surface area (Å²) in [5.41, 5.74) is 2.78. The molecule has 0 aliphatic carbocycles. The smallest absolute Gasteiger partial charge is 0.224 e. The average Bonchev–Trinajstić information content (AvgIpc) is 2.72. The van der Waals surface area contributed by atoms with Crippen LogP contribution in [-0.4, -0.2) is 15.0 Å². The minimum absolute atomic E-state index is 0.257. The van der Waals surface area contributed by atoms with Crippen LogP contribution < -0.4 is 5.32 Å². The number of anilines is 1. The number of rotatable bonds is 3. The van der Waals surface area contributed by atoms with Gasteiger partial charge in [0.2, 0.25) is 5.28 Å². The van der Waals surface area contributed by atoms with Crippen molar-refractivity contribution in [3.05, 3.63) is 33.6 Å². The summed E-state index contributed by atoms with van der Waals surface area (Å²) < 4.78 is 0. The van der Waals surface area contributed by atoms with E-state index >= 15 is 0 Å². The quantitative estimate of drug-likeness (QED) is 0.838. The number of nitrogens with zero attached hydrogens (tertiary/aromatic N) is 3. The summed E-state index contributed by atoms with van der Waals surface area (Å²) in [5.74, 6) is 0.767. The zero-order valence-electron chi connectivity index (χ0n) is 8.07. The van der Waals surface area contributed by atoms with Crippen LogP contribution in [0.4, 0.5) is 5.82 Å². The lowest BCUT2D eigenvalue weighted by Gasteiger charge is -2.06. The number of thiazole rings is 1. The fourth-order valence-electron chi connectivity index (χ4n) is 1.10. The molecule has 0 saturated carbocycles. The third kappa shape index (κ3) is 2.64. The molecular weight excluding hydrogens is 232 g/mol. The molecule has 2 aromatic heterocycles. The van der Waals surface area contributed by atoms with Gasteiger partial charge in [0.15, 0.2) is 0 Å². The van der Waals surface area contributed by atoms with Crippen LogP contribution in [0.25, 0.3) is 0 Å². The largest absolute Gasteiger partial charge is 0.365 e. The van der Waals surface area contributed by atoms with Crippen LogP contribution in [0.2, 0.25) is 5.28 Å². The van der Waals surface area contributed by atoms with Gasteiger partial charge < -0.3 is 5.32 Å². The van der Waals surface area contributed by atoms with Crippen molar-refractivity contribution in [2.24, 2.45) is 0 Å². The van der Waals surface area contributed by atoms with Crippen LogP contribution in [-0.2, 0) is 6.54 Å². The summed E-state index contributed by atoms with van der Waals surface area (Å²) in [4.78, 5) is 13.1. The van der Waals surface area contributed by atoms with Gasteiger partial charge in [0, 0.05) is 22.8 Å². The van der Waals surface area contributed by atoms with E-state index < -0.39 is 0 Å². The molecule has 0 saturated heterocycles. The van der Waals surface area contributed by atoms with E-state index in [1.165, 1.54) is 0 Å². The fraction of sp³-hybridized carbons (Fsp3) is 0.222. The van der Waals surface area contributed by atoms with Gasteiger partial charge in [-0.15, -0.1) is 11.3 Å². The van der Waals surface area contributed by atoms with Gasteiger partial charge in [-0.05, 0) is 18.5 Å². The predicted molar refractivity (Wildman–Crippen MR) is 61.2 cm³/mol. The number of halogens is 1. The Labute approximate surface area is 96.4 Å². The van der Waals surface area contributed by atoms with Gasteiger partial charge in [-0.3, -0.25) is 4.98 Å². The average molecular weight is 241 g/mol. The highest BCUT2D eigenvalue weighted by Crippen LogP contribution is 2.14. The van der Waals surface area contributed by atoms with Gasteiger partial charge in [-0.2, -0.15) is 0 Å². The Morgan fingerprint density at radius 1 is 1.47 bits per heavy atom. The number of aryl methyl sites for hydroxylation is 1. The molecule has 0 aliphatic rings. The van der Waals surface area contributed by atoms with Crippen LogP contribution in [0.15, 0.2) is 17.9 Å². The minimum atomic E-state index is 0.257. The number of nitrogens with one attached hydrogen (secondary N) is 1. The maximum Gasteiger partial charge on any atom is 0.224 e. The van der Waals surface area contributed by atoms with Crippen molar-refractivity contribution in [2.45, 2.75) is 13.5 Å². The Kier molecular flexibility index (Phi) is 3.13. The van der Waals surface area contributed by atoms with E-state index in [2.05, 4.69) is 20.3 Å². The van der Waals surface area contributed by atoms with Crippen LogP contribution >= 0.6 is 22.9 Å². The van der Waals surface area contributed by atoms with Crippen molar-refractivity contribution in [1.29, 1.82) is 0 Å². The molecule has 4 nitrogen and oxygen atoms in total. The molecule has 2 heterocycles. The molecular formula is C9H9ClN4S. The molecule has 1 N–H and O–H groups in total. The van der Waals surface area contributed by atoms with E-state index in [1.54, 1.807) is 23.0 Å². The van der Waals surface area contributed by atoms with Crippen LogP contribution in [0.5, 0.6) is 0 Å². The lowest BCUT2D eigenvalue weighted by molar-refractivity contribution is 1.07. The molecule has 6 heteroatoms. The Morgan fingerprint density at radius 2 is 2.33 bits per heavy atom. The maximum absolute atomic E-state index is 5.71. The van der Waals surface area contributed by atoms with E-state index in [9.17, 15) is 0 Å². The Morgan fingerprint density at radius 3 is 3.07 bits per heavy atom. The summed E-state index contributed by atoms with van der Waals surface area (Å²) >= 11 is 7.31. The highest BCUT2D eigenvalue weighted by atomic mass is 35.5. The van der Waals surface area contributed by atoms with Gasteiger partial charge in [-0.25, -0.2) is 9.97 Å². The highest BCUT2D eigenvalue weighted by molar-refractivity contribution is 7.09. The fourth-order valence-corrected chi connectivity index (χ4v) is 1.77. The molecule has 0 spiro atoms. The van der Waals surface area contributed by atoms with Crippen molar-refractivity contribution < 1.29 is 0 Å². The topological polar surface area (TPSA) is 50.7 Å². The van der Waals surface area contributed by atoms with Crippen molar-refractivity contribution in [3.8, 4) is 0 Å². The summed E-state index contributed by atoms with van der Waals surface area (Å²) in [6.45, 7) is 2.64. The Balaban J connectivity index is 2.07. The molecule has 2 rings (SSSR count). The lowest BCUT2D eigenvalue weighted by atomic mass is 10.3. The van der Waals surface area contributed by atoms with E-state index in [4.69, 9.17) is 11.6 Å². The first-order valence-corrected chi connectivity index (χ1v) is 5.62. The van der Waals surface area contributed by atoms with Crippen molar-refractivity contribution in [3.63, 3.8) is 0 Å². The first kappa shape index (κ1) is 10.3. The van der Waals surface area contributed by atoms with Crippen LogP contribution in [0, 0.1) is 6.92 Å². The molecule has 2 aromatic rings. The molecule has 78 valence electrons. The summed E-state index contributed by atoms with van der Waals surface area (Å²) in [5, 5.41) is 3.45. The molecule has 0 fully saturated rings. The minimum Gasteiger partial charge on any atom is -0.365 e. The molecule has 0 aromatic carbocycles. The zero-order valence-corrected chi connectivity index (χ0v) is 9.64. The lowest BCUT2D eigenvalue weighted by Crippen LogP contribution is -2.02. The van der Waals surface area contributed by atoms with Crippen LogP contribution in [0.1, 0.15) is 10.4 Å². The highest BCUT2D eigenvalue weighted by Gasteiger charge is 2.02. The standard InChI is InChI=1S/C9H9ClN4S/c1-6-2-13-9(10)14-8(6)12-4-7-3-11-5-15-7/h2-3,5H,4H2,1H3,(H,12,13,14). The molecule has 0 unspecified atom stereocenters. The third-order valence-corrected chi connectivity index (χ3v) is 2.82. The van der Waals surface area contributed by atoms with Crippen molar-refractivity contribution in [2.75, 3.05) is 5.32 Å². The van der Waals surface area contributed by atoms with Crippen molar-refractivity contribution in [1.82, 2.24) is 15.0 Å². The molecule has 15 heavy (non-hydrogen) atoms. The second-order valence-corrected chi connectivity index (χ2v) is 4.30. The second kappa shape index (κ2) is 4.55. The Bertz CT molecular complexity index is 443. The Hall–Kier alpha value is -1.20. The molecule has 0 bridgehead atoms. The number of hydrogen-bond donors (Lipinski definition) is 1.